The molecule has 0 aliphatic carbocycles. The van der Waals surface area contributed by atoms with E-state index in [0.29, 0.717) is 18.9 Å². The van der Waals surface area contributed by atoms with Crippen LogP contribution < -0.4 is 10.1 Å². The summed E-state index contributed by atoms with van der Waals surface area (Å²) >= 11 is 0. The predicted molar refractivity (Wildman–Crippen MR) is 113 cm³/mol. The Hall–Kier alpha value is -1.75. The highest BCUT2D eigenvalue weighted by Crippen LogP contribution is 2.36. The molecule has 3 fully saturated rings. The van der Waals surface area contributed by atoms with Crippen LogP contribution in [0.4, 0.5) is 0 Å². The Morgan fingerprint density at radius 1 is 1.22 bits per heavy atom. The van der Waals surface area contributed by atoms with Gasteiger partial charge in [-0.05, 0) is 30.0 Å². The second kappa shape index (κ2) is 10.0. The molecule has 32 heavy (non-hydrogen) atoms. The van der Waals surface area contributed by atoms with Crippen LogP contribution in [-0.2, 0) is 23.7 Å². The van der Waals surface area contributed by atoms with Crippen molar-refractivity contribution in [2.45, 2.75) is 75.6 Å². The molecule has 3 N–H and O–H groups in total. The zero-order valence-electron chi connectivity index (χ0n) is 18.7. The van der Waals surface area contributed by atoms with Crippen molar-refractivity contribution in [1.29, 1.82) is 0 Å². The van der Waals surface area contributed by atoms with Gasteiger partial charge < -0.3 is 39.2 Å². The number of hydrogen-bond donors (Lipinski definition) is 3. The molecule has 9 nitrogen and oxygen atoms in total. The third-order valence-corrected chi connectivity index (χ3v) is 6.29. The molecule has 1 aromatic rings. The molecule has 3 aliphatic heterocycles. The normalized spacial score (nSPS) is 36.8. The molecule has 178 valence electrons. The number of carbonyl (C=O) groups is 1. The molecule has 3 aliphatic rings. The van der Waals surface area contributed by atoms with Gasteiger partial charge in [-0.25, -0.2) is 0 Å². The lowest BCUT2D eigenvalue weighted by atomic mass is 9.97. The molecule has 3 saturated heterocycles. The Bertz CT molecular complexity index is 772. The third kappa shape index (κ3) is 4.93. The fourth-order valence-electron chi connectivity index (χ4n) is 4.43. The van der Waals surface area contributed by atoms with Gasteiger partial charge in [0.15, 0.2) is 12.4 Å². The Balaban J connectivity index is 1.53. The SMILES string of the molecule is COc1ccc([C@H]2OC[C@@H]3O[C@H](O[C@H]4[C@@H]2NC[C@@H]4O)[C@H](OC(=O)CCC(C)C)[C@H]3O)cc1. The van der Waals surface area contributed by atoms with Gasteiger partial charge in [0.1, 0.15) is 30.2 Å². The van der Waals surface area contributed by atoms with Crippen LogP contribution in [0, 0.1) is 5.92 Å². The van der Waals surface area contributed by atoms with E-state index in [1.807, 2.05) is 38.1 Å². The summed E-state index contributed by atoms with van der Waals surface area (Å²) in [5.41, 5.74) is 0.884. The van der Waals surface area contributed by atoms with Crippen molar-refractivity contribution in [2.24, 2.45) is 5.92 Å². The smallest absolute Gasteiger partial charge is 0.306 e. The van der Waals surface area contributed by atoms with Crippen molar-refractivity contribution < 1.29 is 38.7 Å². The maximum Gasteiger partial charge on any atom is 0.306 e. The van der Waals surface area contributed by atoms with Crippen LogP contribution in [0.15, 0.2) is 24.3 Å². The van der Waals surface area contributed by atoms with E-state index in [2.05, 4.69) is 5.32 Å². The Morgan fingerprint density at radius 2 is 1.97 bits per heavy atom. The number of hydrogen-bond acceptors (Lipinski definition) is 9. The molecule has 0 saturated carbocycles. The number of ether oxygens (including phenoxy) is 5. The summed E-state index contributed by atoms with van der Waals surface area (Å²) in [6.45, 7) is 4.46. The number of esters is 1. The van der Waals surface area contributed by atoms with E-state index < -0.39 is 48.9 Å². The van der Waals surface area contributed by atoms with Gasteiger partial charge in [0.2, 0.25) is 0 Å². The predicted octanol–water partition coefficient (Wildman–Crippen LogP) is 0.918. The quantitative estimate of drug-likeness (QED) is 0.543. The lowest BCUT2D eigenvalue weighted by Gasteiger charge is -2.32. The molecule has 9 heteroatoms. The molecule has 3 heterocycles. The molecule has 8 atom stereocenters. The first kappa shape index (κ1) is 23.4. The number of fused-ring (bicyclic) bond motifs is 3. The highest BCUT2D eigenvalue weighted by molar-refractivity contribution is 5.69. The van der Waals surface area contributed by atoms with Crippen LogP contribution in [0.5, 0.6) is 5.75 Å². The number of benzene rings is 1. The topological polar surface area (TPSA) is 116 Å². The standard InChI is InChI=1S/C23H33NO8/c1-12(2)4-9-17(26)31-22-19(27)16-11-29-20(13-5-7-14(28-3)8-6-13)18-21(15(25)10-24-18)32-23(22)30-16/h5-8,12,15-16,18-25,27H,4,9-11H2,1-3H3/t15-,16-,18+,19-,20+,21+,22+,23+/m0/s1. The summed E-state index contributed by atoms with van der Waals surface area (Å²) in [7, 11) is 1.60. The molecule has 0 spiro atoms. The first-order valence-corrected chi connectivity index (χ1v) is 11.2. The minimum atomic E-state index is -1.09. The van der Waals surface area contributed by atoms with E-state index in [-0.39, 0.29) is 19.1 Å². The summed E-state index contributed by atoms with van der Waals surface area (Å²) in [6.07, 6.45) is -4.75. The van der Waals surface area contributed by atoms with E-state index in [1.165, 1.54) is 0 Å². The zero-order chi connectivity index (χ0) is 22.8. The molecular weight excluding hydrogens is 418 g/mol. The minimum Gasteiger partial charge on any atom is -0.497 e. The second-order valence-electron chi connectivity index (χ2n) is 9.05. The number of rotatable bonds is 6. The van der Waals surface area contributed by atoms with Gasteiger partial charge in [-0.3, -0.25) is 4.79 Å². The van der Waals surface area contributed by atoms with Gasteiger partial charge in [0.25, 0.3) is 0 Å². The number of aliphatic hydroxyl groups is 2. The van der Waals surface area contributed by atoms with Crippen LogP contribution in [0.1, 0.15) is 38.4 Å². The van der Waals surface area contributed by atoms with Crippen LogP contribution >= 0.6 is 0 Å². The molecule has 0 unspecified atom stereocenters. The van der Waals surface area contributed by atoms with Gasteiger partial charge in [-0.15, -0.1) is 0 Å². The van der Waals surface area contributed by atoms with E-state index >= 15 is 0 Å². The molecule has 4 rings (SSSR count). The van der Waals surface area contributed by atoms with Gasteiger partial charge >= 0.3 is 5.97 Å². The molecule has 0 radical (unpaired) electrons. The zero-order valence-corrected chi connectivity index (χ0v) is 18.7. The second-order valence-corrected chi connectivity index (χ2v) is 9.05. The summed E-state index contributed by atoms with van der Waals surface area (Å²) in [5.74, 6) is 0.682. The number of nitrogens with one attached hydrogen (secondary N) is 1. The number of β-amino-alcohol motifs (C(OH)–C–C–N with tert-alkyl or cyclic N) is 1. The van der Waals surface area contributed by atoms with Gasteiger partial charge in [-0.1, -0.05) is 26.0 Å². The summed E-state index contributed by atoms with van der Waals surface area (Å²) in [6, 6.07) is 7.14. The maximum absolute atomic E-state index is 12.3. The molecule has 1 aromatic carbocycles. The molecule has 0 aromatic heterocycles. The van der Waals surface area contributed by atoms with Crippen LogP contribution in [0.3, 0.4) is 0 Å². The molecule has 0 amide bonds. The fraction of sp³-hybridized carbons (Fsp3) is 0.696. The van der Waals surface area contributed by atoms with Crippen LogP contribution in [0.25, 0.3) is 0 Å². The monoisotopic (exact) mass is 451 g/mol. The Morgan fingerprint density at radius 3 is 2.66 bits per heavy atom. The van der Waals surface area contributed by atoms with Crippen LogP contribution in [0.2, 0.25) is 0 Å². The molecular formula is C23H33NO8. The van der Waals surface area contributed by atoms with Gasteiger partial charge in [0.05, 0.1) is 25.9 Å². The van der Waals surface area contributed by atoms with Gasteiger partial charge in [0, 0.05) is 13.0 Å². The van der Waals surface area contributed by atoms with E-state index in [0.717, 1.165) is 11.3 Å². The van der Waals surface area contributed by atoms with Crippen molar-refractivity contribution in [2.75, 3.05) is 20.3 Å². The number of aliphatic hydroxyl groups excluding tert-OH is 2. The van der Waals surface area contributed by atoms with Crippen molar-refractivity contribution in [3.05, 3.63) is 29.8 Å². The summed E-state index contributed by atoms with van der Waals surface area (Å²) < 4.78 is 29.0. The van der Waals surface area contributed by atoms with Crippen molar-refractivity contribution >= 4 is 5.97 Å². The third-order valence-electron chi connectivity index (χ3n) is 6.29. The lowest BCUT2D eigenvalue weighted by Crippen LogP contribution is -2.47. The summed E-state index contributed by atoms with van der Waals surface area (Å²) in [4.78, 5) is 12.3. The van der Waals surface area contributed by atoms with Crippen molar-refractivity contribution in [3.63, 3.8) is 0 Å². The largest absolute Gasteiger partial charge is 0.497 e. The summed E-state index contributed by atoms with van der Waals surface area (Å²) in [5, 5.41) is 24.7. The first-order valence-electron chi connectivity index (χ1n) is 11.2. The van der Waals surface area contributed by atoms with E-state index in [9.17, 15) is 15.0 Å². The Kier molecular flexibility index (Phi) is 7.34. The first-order chi connectivity index (χ1) is 15.4. The molecule has 2 bridgehead atoms. The number of carbonyl (C=O) groups excluding carboxylic acids is 1. The minimum absolute atomic E-state index is 0.0821. The van der Waals surface area contributed by atoms with Crippen molar-refractivity contribution in [3.8, 4) is 5.75 Å². The average molecular weight is 452 g/mol. The highest BCUT2D eigenvalue weighted by Gasteiger charge is 2.53. The van der Waals surface area contributed by atoms with Gasteiger partial charge in [-0.2, -0.15) is 0 Å². The van der Waals surface area contributed by atoms with Crippen molar-refractivity contribution in [1.82, 2.24) is 5.32 Å². The highest BCUT2D eigenvalue weighted by atomic mass is 16.7. The lowest BCUT2D eigenvalue weighted by molar-refractivity contribution is -0.213. The van der Waals surface area contributed by atoms with E-state index in [4.69, 9.17) is 23.7 Å². The maximum atomic E-state index is 12.3. The number of methoxy groups -OCH3 is 1. The van der Waals surface area contributed by atoms with Crippen LogP contribution in [-0.4, -0.2) is 79.3 Å². The fourth-order valence-corrected chi connectivity index (χ4v) is 4.43. The van der Waals surface area contributed by atoms with E-state index in [1.54, 1.807) is 7.11 Å². The average Bonchev–Trinajstić information content (AvgIpc) is 3.30. The Labute approximate surface area is 187 Å².